The fourth-order valence-corrected chi connectivity index (χ4v) is 3.62. The molecule has 0 aliphatic heterocycles. The molecule has 3 aromatic rings. The van der Waals surface area contributed by atoms with Gasteiger partial charge in [0.25, 0.3) is 5.91 Å². The van der Waals surface area contributed by atoms with Crippen LogP contribution in [0.1, 0.15) is 10.6 Å². The zero-order valence-electron chi connectivity index (χ0n) is 15.2. The predicted molar refractivity (Wildman–Crippen MR) is 109 cm³/mol. The Hall–Kier alpha value is -2.86. The number of rotatable bonds is 9. The summed E-state index contributed by atoms with van der Waals surface area (Å²) in [6, 6.07) is 13.7. The normalized spacial score (nSPS) is 10.6. The number of carbonyl (C=O) groups excluding carboxylic acids is 1. The van der Waals surface area contributed by atoms with E-state index in [0.717, 1.165) is 27.2 Å². The molecule has 0 saturated carbocycles. The Kier molecular flexibility index (Phi) is 6.44. The van der Waals surface area contributed by atoms with Crippen molar-refractivity contribution in [3.63, 3.8) is 0 Å². The van der Waals surface area contributed by atoms with Crippen molar-refractivity contribution in [1.82, 2.24) is 10.3 Å². The molecule has 6 heteroatoms. The second kappa shape index (κ2) is 9.19. The molecule has 2 aromatic carbocycles. The van der Waals surface area contributed by atoms with E-state index in [-0.39, 0.29) is 12.5 Å². The molecule has 1 amide bonds. The van der Waals surface area contributed by atoms with Crippen molar-refractivity contribution in [3.05, 3.63) is 65.7 Å². The summed E-state index contributed by atoms with van der Waals surface area (Å²) in [6.07, 6.45) is 3.28. The Morgan fingerprint density at radius 1 is 1.26 bits per heavy atom. The number of para-hydroxylation sites is 1. The predicted octanol–water partition coefficient (Wildman–Crippen LogP) is 3.77. The number of nitrogens with one attached hydrogen (secondary N) is 1. The highest BCUT2D eigenvalue weighted by Crippen LogP contribution is 2.28. The van der Waals surface area contributed by atoms with E-state index in [1.165, 1.54) is 0 Å². The minimum atomic E-state index is -0.173. The minimum Gasteiger partial charge on any atom is -0.493 e. The number of aromatic nitrogens is 1. The molecule has 27 heavy (non-hydrogen) atoms. The molecule has 0 bridgehead atoms. The molecular formula is C21H22N2O3S. The van der Waals surface area contributed by atoms with Crippen LogP contribution < -0.4 is 14.8 Å². The van der Waals surface area contributed by atoms with E-state index >= 15 is 0 Å². The van der Waals surface area contributed by atoms with Crippen LogP contribution in [0.2, 0.25) is 0 Å². The van der Waals surface area contributed by atoms with Gasteiger partial charge >= 0.3 is 0 Å². The van der Waals surface area contributed by atoms with E-state index < -0.39 is 0 Å². The lowest BCUT2D eigenvalue weighted by atomic mass is 10.1. The highest BCUT2D eigenvalue weighted by molar-refractivity contribution is 7.18. The summed E-state index contributed by atoms with van der Waals surface area (Å²) in [5, 5.41) is 3.87. The van der Waals surface area contributed by atoms with Gasteiger partial charge in [-0.15, -0.1) is 17.9 Å². The Balaban J connectivity index is 1.47. The number of methoxy groups -OCH3 is 1. The molecule has 0 radical (unpaired) electrons. The number of benzene rings is 2. The van der Waals surface area contributed by atoms with Gasteiger partial charge in [0.05, 0.1) is 22.3 Å². The minimum absolute atomic E-state index is 0.0585. The van der Waals surface area contributed by atoms with Gasteiger partial charge < -0.3 is 14.8 Å². The first-order valence-electron chi connectivity index (χ1n) is 8.71. The lowest BCUT2D eigenvalue weighted by Crippen LogP contribution is -2.30. The first-order valence-corrected chi connectivity index (χ1v) is 9.53. The smallest absolute Gasteiger partial charge is 0.257 e. The van der Waals surface area contributed by atoms with Crippen LogP contribution in [0.15, 0.2) is 55.1 Å². The molecule has 0 saturated heterocycles. The summed E-state index contributed by atoms with van der Waals surface area (Å²) in [7, 11) is 1.58. The lowest BCUT2D eigenvalue weighted by Gasteiger charge is -2.12. The number of hydrogen-bond acceptors (Lipinski definition) is 5. The maximum absolute atomic E-state index is 12.0. The van der Waals surface area contributed by atoms with Gasteiger partial charge in [0.2, 0.25) is 0 Å². The van der Waals surface area contributed by atoms with E-state index in [2.05, 4.69) is 22.9 Å². The molecule has 3 rings (SSSR count). The zero-order valence-corrected chi connectivity index (χ0v) is 16.1. The molecule has 0 unspecified atom stereocenters. The number of ether oxygens (including phenoxy) is 2. The summed E-state index contributed by atoms with van der Waals surface area (Å²) >= 11 is 1.65. The topological polar surface area (TPSA) is 60.5 Å². The van der Waals surface area contributed by atoms with Gasteiger partial charge in [0.15, 0.2) is 18.1 Å². The largest absolute Gasteiger partial charge is 0.493 e. The van der Waals surface area contributed by atoms with Crippen molar-refractivity contribution >= 4 is 27.5 Å². The van der Waals surface area contributed by atoms with Crippen LogP contribution >= 0.6 is 11.3 Å². The van der Waals surface area contributed by atoms with E-state index in [9.17, 15) is 4.79 Å². The molecular weight excluding hydrogens is 360 g/mol. The number of carbonyl (C=O) groups is 1. The van der Waals surface area contributed by atoms with Gasteiger partial charge in [0.1, 0.15) is 0 Å². The van der Waals surface area contributed by atoms with Crippen molar-refractivity contribution in [2.45, 2.75) is 12.8 Å². The van der Waals surface area contributed by atoms with Crippen LogP contribution in [0.4, 0.5) is 0 Å². The van der Waals surface area contributed by atoms with Crippen molar-refractivity contribution in [3.8, 4) is 11.5 Å². The van der Waals surface area contributed by atoms with Gasteiger partial charge in [-0.25, -0.2) is 4.98 Å². The second-order valence-electron chi connectivity index (χ2n) is 5.94. The Morgan fingerprint density at radius 3 is 2.89 bits per heavy atom. The van der Waals surface area contributed by atoms with Crippen molar-refractivity contribution in [2.75, 3.05) is 20.3 Å². The van der Waals surface area contributed by atoms with E-state index in [4.69, 9.17) is 9.47 Å². The number of amides is 1. The molecule has 1 aromatic heterocycles. The summed E-state index contributed by atoms with van der Waals surface area (Å²) in [5.74, 6) is 0.983. The molecule has 5 nitrogen and oxygen atoms in total. The van der Waals surface area contributed by atoms with Crippen LogP contribution in [0.3, 0.4) is 0 Å². The average Bonchev–Trinajstić information content (AvgIpc) is 3.10. The molecule has 140 valence electrons. The van der Waals surface area contributed by atoms with Gasteiger partial charge in [-0.3, -0.25) is 4.79 Å². The first kappa shape index (κ1) is 18.9. The van der Waals surface area contributed by atoms with Crippen LogP contribution in [0.25, 0.3) is 10.2 Å². The van der Waals surface area contributed by atoms with Gasteiger partial charge in [0, 0.05) is 13.0 Å². The number of fused-ring (bicyclic) bond motifs is 1. The summed E-state index contributed by atoms with van der Waals surface area (Å²) in [6.45, 7) is 4.19. The number of hydrogen-bond donors (Lipinski definition) is 1. The molecule has 0 aliphatic carbocycles. The van der Waals surface area contributed by atoms with E-state index in [1.54, 1.807) is 18.4 Å². The maximum Gasteiger partial charge on any atom is 0.257 e. The van der Waals surface area contributed by atoms with Crippen LogP contribution in [-0.2, 0) is 17.6 Å². The summed E-state index contributed by atoms with van der Waals surface area (Å²) in [5.41, 5.74) is 2.08. The monoisotopic (exact) mass is 382 g/mol. The average molecular weight is 382 g/mol. The molecule has 0 atom stereocenters. The van der Waals surface area contributed by atoms with E-state index in [1.807, 2.05) is 42.5 Å². The van der Waals surface area contributed by atoms with Crippen molar-refractivity contribution in [2.24, 2.45) is 0 Å². The molecule has 1 N–H and O–H groups in total. The van der Waals surface area contributed by atoms with Crippen molar-refractivity contribution < 1.29 is 14.3 Å². The maximum atomic E-state index is 12.0. The molecule has 0 aliphatic rings. The van der Waals surface area contributed by atoms with E-state index in [0.29, 0.717) is 24.5 Å². The number of allylic oxidation sites excluding steroid dienone is 1. The van der Waals surface area contributed by atoms with Gasteiger partial charge in [-0.05, 0) is 36.2 Å². The fourth-order valence-electron chi connectivity index (χ4n) is 2.65. The lowest BCUT2D eigenvalue weighted by molar-refractivity contribution is -0.123. The van der Waals surface area contributed by atoms with Gasteiger partial charge in [-0.1, -0.05) is 24.3 Å². The van der Waals surface area contributed by atoms with Crippen LogP contribution in [-0.4, -0.2) is 31.2 Å². The Bertz CT molecular complexity index is 903. The molecule has 0 spiro atoms. The summed E-state index contributed by atoms with van der Waals surface area (Å²) < 4.78 is 12.1. The SMILES string of the molecule is C=CCc1ccc(OCC(=O)NCCc2nc3ccccc3s2)c(OC)c1. The standard InChI is InChI=1S/C21H22N2O3S/c1-3-6-15-9-10-17(18(13-15)25-2)26-14-20(24)22-12-11-21-23-16-7-4-5-8-19(16)27-21/h3-5,7-10,13H,1,6,11-12,14H2,2H3,(H,22,24). The highest BCUT2D eigenvalue weighted by atomic mass is 32.1. The van der Waals surface area contributed by atoms with Crippen LogP contribution in [0.5, 0.6) is 11.5 Å². The number of nitrogens with zero attached hydrogens (tertiary/aromatic N) is 1. The molecule has 1 heterocycles. The van der Waals surface area contributed by atoms with Crippen molar-refractivity contribution in [1.29, 1.82) is 0 Å². The number of thiazole rings is 1. The van der Waals surface area contributed by atoms with Crippen LogP contribution in [0, 0.1) is 0 Å². The third-order valence-corrected chi connectivity index (χ3v) is 5.06. The van der Waals surface area contributed by atoms with Gasteiger partial charge in [-0.2, -0.15) is 0 Å². The first-order chi connectivity index (χ1) is 13.2. The summed E-state index contributed by atoms with van der Waals surface area (Å²) in [4.78, 5) is 16.6. The quantitative estimate of drug-likeness (QED) is 0.572. The fraction of sp³-hybridized carbons (Fsp3) is 0.238. The highest BCUT2D eigenvalue weighted by Gasteiger charge is 2.09. The third kappa shape index (κ3) is 5.08. The Labute approximate surface area is 162 Å². The Morgan fingerprint density at radius 2 is 2.11 bits per heavy atom. The zero-order chi connectivity index (χ0) is 19.1. The molecule has 0 fully saturated rings. The third-order valence-electron chi connectivity index (χ3n) is 3.97. The second-order valence-corrected chi connectivity index (χ2v) is 7.06.